The second kappa shape index (κ2) is 7.93. The van der Waals surface area contributed by atoms with Gasteiger partial charge in [0, 0.05) is 23.7 Å². The summed E-state index contributed by atoms with van der Waals surface area (Å²) in [6.07, 6.45) is 3.63. The van der Waals surface area contributed by atoms with Gasteiger partial charge in [0.25, 0.3) is 0 Å². The number of carboxylic acid groups (broad SMARTS) is 1. The Hall–Kier alpha value is -2.99. The Morgan fingerprint density at radius 2 is 1.92 bits per heavy atom. The van der Waals surface area contributed by atoms with Gasteiger partial charge in [-0.1, -0.05) is 43.3 Å². The number of thiophene rings is 1. The molecule has 0 saturated heterocycles. The Morgan fingerprint density at radius 3 is 2.54 bits per heavy atom. The maximum absolute atomic E-state index is 12.6. The molecule has 2 heterocycles. The molecule has 0 radical (unpaired) electrons. The van der Waals surface area contributed by atoms with Crippen molar-refractivity contribution in [2.24, 2.45) is 0 Å². The van der Waals surface area contributed by atoms with Crippen molar-refractivity contribution in [3.63, 3.8) is 0 Å². The molecule has 6 heteroatoms. The molecule has 1 aromatic carbocycles. The number of aromatic nitrogens is 1. The van der Waals surface area contributed by atoms with Crippen molar-refractivity contribution in [3.05, 3.63) is 71.4 Å². The molecule has 26 heavy (non-hydrogen) atoms. The maximum atomic E-state index is 12.6. The highest BCUT2D eigenvalue weighted by atomic mass is 32.1. The minimum atomic E-state index is -1.03. The molecular weight excluding hydrogens is 348 g/mol. The van der Waals surface area contributed by atoms with Crippen molar-refractivity contribution in [1.82, 2.24) is 4.98 Å². The van der Waals surface area contributed by atoms with Crippen LogP contribution < -0.4 is 4.90 Å². The Labute approximate surface area is 155 Å². The number of carbonyl (C=O) groups is 2. The van der Waals surface area contributed by atoms with E-state index in [0.717, 1.165) is 16.0 Å². The molecule has 0 atom stereocenters. The van der Waals surface area contributed by atoms with Crippen LogP contribution in [0.2, 0.25) is 0 Å². The zero-order valence-corrected chi connectivity index (χ0v) is 15.1. The molecule has 3 aromatic rings. The number of pyridine rings is 1. The molecule has 0 aliphatic heterocycles. The van der Waals surface area contributed by atoms with Gasteiger partial charge in [0.15, 0.2) is 0 Å². The van der Waals surface area contributed by atoms with Gasteiger partial charge in [0.2, 0.25) is 5.91 Å². The summed E-state index contributed by atoms with van der Waals surface area (Å²) in [5.41, 5.74) is 2.20. The SMILES string of the molecule is CCC(=O)N(Cc1cccnc1)c1cc(-c2ccccc2)sc1C(=O)O. The van der Waals surface area contributed by atoms with Gasteiger partial charge in [0.1, 0.15) is 4.88 Å². The highest BCUT2D eigenvalue weighted by Crippen LogP contribution is 2.37. The first-order valence-corrected chi connectivity index (χ1v) is 9.03. The fraction of sp³-hybridized carbons (Fsp3) is 0.150. The fourth-order valence-corrected chi connectivity index (χ4v) is 3.66. The molecule has 0 fully saturated rings. The lowest BCUT2D eigenvalue weighted by atomic mass is 10.1. The molecule has 1 N–H and O–H groups in total. The van der Waals surface area contributed by atoms with Gasteiger partial charge in [-0.25, -0.2) is 4.79 Å². The van der Waals surface area contributed by atoms with Crippen molar-refractivity contribution >= 4 is 28.9 Å². The van der Waals surface area contributed by atoms with Crippen LogP contribution >= 0.6 is 11.3 Å². The summed E-state index contributed by atoms with van der Waals surface area (Å²) < 4.78 is 0. The van der Waals surface area contributed by atoms with Crippen LogP contribution in [-0.2, 0) is 11.3 Å². The number of carboxylic acids is 1. The first kappa shape index (κ1) is 17.8. The molecule has 1 amide bonds. The predicted molar refractivity (Wildman–Crippen MR) is 102 cm³/mol. The summed E-state index contributed by atoms with van der Waals surface area (Å²) in [7, 11) is 0. The third kappa shape index (κ3) is 3.81. The van der Waals surface area contributed by atoms with Gasteiger partial charge in [-0.3, -0.25) is 9.78 Å². The second-order valence-corrected chi connectivity index (χ2v) is 6.74. The number of amides is 1. The number of aromatic carboxylic acids is 1. The number of benzene rings is 1. The van der Waals surface area contributed by atoms with E-state index in [1.165, 1.54) is 16.2 Å². The van der Waals surface area contributed by atoms with Crippen LogP contribution in [0.1, 0.15) is 28.6 Å². The first-order valence-electron chi connectivity index (χ1n) is 8.22. The van der Waals surface area contributed by atoms with E-state index in [-0.39, 0.29) is 23.7 Å². The van der Waals surface area contributed by atoms with E-state index in [0.29, 0.717) is 5.69 Å². The lowest BCUT2D eigenvalue weighted by Gasteiger charge is -2.22. The predicted octanol–water partition coefficient (Wildman–Crippen LogP) is 4.45. The van der Waals surface area contributed by atoms with E-state index in [2.05, 4.69) is 4.98 Å². The summed E-state index contributed by atoms with van der Waals surface area (Å²) >= 11 is 1.18. The summed E-state index contributed by atoms with van der Waals surface area (Å²) in [6, 6.07) is 15.0. The van der Waals surface area contributed by atoms with Crippen molar-refractivity contribution < 1.29 is 14.7 Å². The van der Waals surface area contributed by atoms with Crippen LogP contribution in [0.15, 0.2) is 60.9 Å². The van der Waals surface area contributed by atoms with Gasteiger partial charge >= 0.3 is 5.97 Å². The summed E-state index contributed by atoms with van der Waals surface area (Å²) in [4.78, 5) is 30.9. The Bertz CT molecular complexity index is 907. The number of hydrogen-bond acceptors (Lipinski definition) is 4. The topological polar surface area (TPSA) is 70.5 Å². The molecular formula is C20H18N2O3S. The molecule has 5 nitrogen and oxygen atoms in total. The minimum Gasteiger partial charge on any atom is -0.477 e. The van der Waals surface area contributed by atoms with E-state index in [4.69, 9.17) is 0 Å². The van der Waals surface area contributed by atoms with Crippen LogP contribution in [0.5, 0.6) is 0 Å². The average molecular weight is 366 g/mol. The number of nitrogens with zero attached hydrogens (tertiary/aromatic N) is 2. The van der Waals surface area contributed by atoms with Crippen LogP contribution in [-0.4, -0.2) is 22.0 Å². The van der Waals surface area contributed by atoms with Crippen LogP contribution in [0.4, 0.5) is 5.69 Å². The Morgan fingerprint density at radius 1 is 1.15 bits per heavy atom. The minimum absolute atomic E-state index is 0.131. The molecule has 2 aromatic heterocycles. The van der Waals surface area contributed by atoms with Crippen molar-refractivity contribution in [2.75, 3.05) is 4.90 Å². The van der Waals surface area contributed by atoms with E-state index in [1.54, 1.807) is 31.5 Å². The largest absolute Gasteiger partial charge is 0.477 e. The Kier molecular flexibility index (Phi) is 5.43. The van der Waals surface area contributed by atoms with Gasteiger partial charge in [-0.05, 0) is 23.3 Å². The summed E-state index contributed by atoms with van der Waals surface area (Å²) in [6.45, 7) is 2.05. The van der Waals surface area contributed by atoms with Gasteiger partial charge in [-0.15, -0.1) is 11.3 Å². The van der Waals surface area contributed by atoms with Gasteiger partial charge < -0.3 is 10.0 Å². The molecule has 132 valence electrons. The molecule has 0 aliphatic rings. The van der Waals surface area contributed by atoms with Crippen LogP contribution in [0.25, 0.3) is 10.4 Å². The average Bonchev–Trinajstić information content (AvgIpc) is 3.12. The van der Waals surface area contributed by atoms with Gasteiger partial charge in [-0.2, -0.15) is 0 Å². The summed E-state index contributed by atoms with van der Waals surface area (Å²) in [5.74, 6) is -1.17. The fourth-order valence-electron chi connectivity index (χ4n) is 2.65. The standard InChI is InChI=1S/C20H18N2O3S/c1-2-18(23)22(13-14-7-6-10-21-12-14)16-11-17(26-19(16)20(24)25)15-8-4-3-5-9-15/h3-12H,2,13H2,1H3,(H,24,25). The lowest BCUT2D eigenvalue weighted by Crippen LogP contribution is -2.30. The molecule has 0 saturated carbocycles. The highest BCUT2D eigenvalue weighted by Gasteiger charge is 2.24. The third-order valence-electron chi connectivity index (χ3n) is 3.92. The smallest absolute Gasteiger partial charge is 0.348 e. The quantitative estimate of drug-likeness (QED) is 0.700. The lowest BCUT2D eigenvalue weighted by molar-refractivity contribution is -0.118. The maximum Gasteiger partial charge on any atom is 0.348 e. The summed E-state index contributed by atoms with van der Waals surface area (Å²) in [5, 5.41) is 9.66. The van der Waals surface area contributed by atoms with Crippen LogP contribution in [0.3, 0.4) is 0 Å². The van der Waals surface area contributed by atoms with Crippen LogP contribution in [0, 0.1) is 0 Å². The number of carbonyl (C=O) groups excluding carboxylic acids is 1. The Balaban J connectivity index is 2.06. The van der Waals surface area contributed by atoms with Crippen molar-refractivity contribution in [2.45, 2.75) is 19.9 Å². The molecule has 0 spiro atoms. The van der Waals surface area contributed by atoms with E-state index < -0.39 is 5.97 Å². The zero-order chi connectivity index (χ0) is 18.5. The van der Waals surface area contributed by atoms with Crippen molar-refractivity contribution in [3.8, 4) is 10.4 Å². The number of anilines is 1. The number of hydrogen-bond donors (Lipinski definition) is 1. The van der Waals surface area contributed by atoms with E-state index in [9.17, 15) is 14.7 Å². The van der Waals surface area contributed by atoms with Crippen molar-refractivity contribution in [1.29, 1.82) is 0 Å². The highest BCUT2D eigenvalue weighted by molar-refractivity contribution is 7.18. The second-order valence-electron chi connectivity index (χ2n) is 5.69. The van der Waals surface area contributed by atoms with E-state index in [1.807, 2.05) is 36.4 Å². The normalized spacial score (nSPS) is 10.5. The monoisotopic (exact) mass is 366 g/mol. The number of rotatable bonds is 6. The van der Waals surface area contributed by atoms with E-state index >= 15 is 0 Å². The molecule has 0 aliphatic carbocycles. The molecule has 0 bridgehead atoms. The van der Waals surface area contributed by atoms with Gasteiger partial charge in [0.05, 0.1) is 12.2 Å². The first-order chi connectivity index (χ1) is 12.6. The molecule has 0 unspecified atom stereocenters. The molecule has 3 rings (SSSR count). The third-order valence-corrected chi connectivity index (χ3v) is 5.08. The zero-order valence-electron chi connectivity index (χ0n) is 14.3.